The molecule has 4 heteroatoms. The summed E-state index contributed by atoms with van der Waals surface area (Å²) in [5.74, 6) is -0.797. The third-order valence-electron chi connectivity index (χ3n) is 3.46. The van der Waals surface area contributed by atoms with Gasteiger partial charge in [-0.1, -0.05) is 24.3 Å². The summed E-state index contributed by atoms with van der Waals surface area (Å²) in [6.45, 7) is 1.88. The standard InChI is InChI=1S/C16H13F2NO/c1-9-11-4-2-3-5-14(11)20-16(9)15(19)12-7-6-10(17)8-13(12)18/h2-8,15H,19H2,1H3. The van der Waals surface area contributed by atoms with Crippen molar-refractivity contribution in [3.05, 3.63) is 71.0 Å². The van der Waals surface area contributed by atoms with Crippen molar-refractivity contribution < 1.29 is 13.2 Å². The molecular weight excluding hydrogens is 260 g/mol. The minimum atomic E-state index is -0.761. The number of rotatable bonds is 2. The third-order valence-corrected chi connectivity index (χ3v) is 3.46. The summed E-state index contributed by atoms with van der Waals surface area (Å²) in [6.07, 6.45) is 0. The Bertz CT molecular complexity index is 779. The third kappa shape index (κ3) is 1.98. The molecular formula is C16H13F2NO. The molecule has 0 amide bonds. The Morgan fingerprint density at radius 3 is 2.55 bits per heavy atom. The second-order valence-corrected chi connectivity index (χ2v) is 4.73. The fourth-order valence-corrected chi connectivity index (χ4v) is 2.38. The highest BCUT2D eigenvalue weighted by atomic mass is 19.1. The van der Waals surface area contributed by atoms with Crippen molar-refractivity contribution in [2.45, 2.75) is 13.0 Å². The summed E-state index contributed by atoms with van der Waals surface area (Å²) in [5, 5.41) is 0.945. The number of furan rings is 1. The number of hydrogen-bond acceptors (Lipinski definition) is 2. The zero-order chi connectivity index (χ0) is 14.3. The van der Waals surface area contributed by atoms with Gasteiger partial charge in [-0.25, -0.2) is 8.78 Å². The molecule has 1 aromatic heterocycles. The van der Waals surface area contributed by atoms with Gasteiger partial charge in [-0.2, -0.15) is 0 Å². The van der Waals surface area contributed by atoms with Crippen molar-refractivity contribution in [3.63, 3.8) is 0 Å². The lowest BCUT2D eigenvalue weighted by Crippen LogP contribution is -2.14. The van der Waals surface area contributed by atoms with Crippen LogP contribution in [0, 0.1) is 18.6 Å². The van der Waals surface area contributed by atoms with Gasteiger partial charge in [0.25, 0.3) is 0 Å². The van der Waals surface area contributed by atoms with Gasteiger partial charge in [0.2, 0.25) is 0 Å². The van der Waals surface area contributed by atoms with Crippen molar-refractivity contribution in [1.82, 2.24) is 0 Å². The maximum atomic E-state index is 13.8. The predicted molar refractivity (Wildman–Crippen MR) is 73.3 cm³/mol. The van der Waals surface area contributed by atoms with Crippen LogP contribution in [0.3, 0.4) is 0 Å². The van der Waals surface area contributed by atoms with E-state index >= 15 is 0 Å². The fraction of sp³-hybridized carbons (Fsp3) is 0.125. The molecule has 0 spiro atoms. The molecule has 2 aromatic carbocycles. The van der Waals surface area contributed by atoms with Gasteiger partial charge in [-0.15, -0.1) is 0 Å². The molecule has 0 aliphatic rings. The number of aryl methyl sites for hydroxylation is 1. The van der Waals surface area contributed by atoms with Gasteiger partial charge in [0, 0.05) is 22.6 Å². The number of para-hydroxylation sites is 1. The van der Waals surface area contributed by atoms with E-state index in [1.54, 1.807) is 0 Å². The monoisotopic (exact) mass is 273 g/mol. The minimum Gasteiger partial charge on any atom is -0.459 e. The molecule has 3 rings (SSSR count). The van der Waals surface area contributed by atoms with Crippen LogP contribution in [0.2, 0.25) is 0 Å². The molecule has 102 valence electrons. The number of fused-ring (bicyclic) bond motifs is 1. The van der Waals surface area contributed by atoms with Crippen LogP contribution in [-0.4, -0.2) is 0 Å². The van der Waals surface area contributed by atoms with Crippen molar-refractivity contribution in [2.24, 2.45) is 5.73 Å². The SMILES string of the molecule is Cc1c(C(N)c2ccc(F)cc2F)oc2ccccc12. The van der Waals surface area contributed by atoms with E-state index < -0.39 is 17.7 Å². The lowest BCUT2D eigenvalue weighted by Gasteiger charge is -2.11. The van der Waals surface area contributed by atoms with Crippen LogP contribution in [0.4, 0.5) is 8.78 Å². The van der Waals surface area contributed by atoms with Gasteiger partial charge < -0.3 is 10.2 Å². The first-order valence-electron chi connectivity index (χ1n) is 6.26. The molecule has 0 bridgehead atoms. The van der Waals surface area contributed by atoms with E-state index in [0.29, 0.717) is 11.3 Å². The second-order valence-electron chi connectivity index (χ2n) is 4.73. The fourth-order valence-electron chi connectivity index (χ4n) is 2.38. The molecule has 0 radical (unpaired) electrons. The van der Waals surface area contributed by atoms with E-state index in [4.69, 9.17) is 10.2 Å². The molecule has 1 unspecified atom stereocenters. The Morgan fingerprint density at radius 2 is 1.85 bits per heavy atom. The molecule has 20 heavy (non-hydrogen) atoms. The maximum Gasteiger partial charge on any atom is 0.134 e. The predicted octanol–water partition coefficient (Wildman–Crippen LogP) is 4.07. The number of halogens is 2. The first kappa shape index (κ1) is 12.8. The highest BCUT2D eigenvalue weighted by Crippen LogP contribution is 2.32. The van der Waals surface area contributed by atoms with Gasteiger partial charge in [-0.3, -0.25) is 0 Å². The average Bonchev–Trinajstić information content (AvgIpc) is 2.76. The Balaban J connectivity index is 2.12. The summed E-state index contributed by atoms with van der Waals surface area (Å²) in [4.78, 5) is 0. The number of nitrogens with two attached hydrogens (primary N) is 1. The maximum absolute atomic E-state index is 13.8. The highest BCUT2D eigenvalue weighted by Gasteiger charge is 2.21. The van der Waals surface area contributed by atoms with Gasteiger partial charge in [0.15, 0.2) is 0 Å². The summed E-state index contributed by atoms with van der Waals surface area (Å²) < 4.78 is 32.5. The van der Waals surface area contributed by atoms with E-state index in [9.17, 15) is 8.78 Å². The summed E-state index contributed by atoms with van der Waals surface area (Å²) in [7, 11) is 0. The van der Waals surface area contributed by atoms with Crippen LogP contribution in [0.5, 0.6) is 0 Å². The molecule has 0 aliphatic carbocycles. The van der Waals surface area contributed by atoms with Crippen molar-refractivity contribution in [2.75, 3.05) is 0 Å². The number of benzene rings is 2. The quantitative estimate of drug-likeness (QED) is 0.764. The molecule has 1 heterocycles. The lowest BCUT2D eigenvalue weighted by atomic mass is 10.0. The molecule has 2 nitrogen and oxygen atoms in total. The van der Waals surface area contributed by atoms with E-state index in [1.165, 1.54) is 12.1 Å². The second kappa shape index (κ2) is 4.72. The first-order valence-corrected chi connectivity index (χ1v) is 6.26. The van der Waals surface area contributed by atoms with Gasteiger partial charge in [-0.05, 0) is 19.1 Å². The lowest BCUT2D eigenvalue weighted by molar-refractivity contribution is 0.503. The zero-order valence-electron chi connectivity index (χ0n) is 10.9. The van der Waals surface area contributed by atoms with Crippen LogP contribution in [-0.2, 0) is 0 Å². The molecule has 0 aliphatic heterocycles. The number of hydrogen-bond donors (Lipinski definition) is 1. The highest BCUT2D eigenvalue weighted by molar-refractivity contribution is 5.82. The van der Waals surface area contributed by atoms with Crippen LogP contribution >= 0.6 is 0 Å². The van der Waals surface area contributed by atoms with Crippen LogP contribution in [0.1, 0.15) is 22.9 Å². The molecule has 3 aromatic rings. The summed E-state index contributed by atoms with van der Waals surface area (Å²) in [6, 6.07) is 10.1. The average molecular weight is 273 g/mol. The van der Waals surface area contributed by atoms with Gasteiger partial charge >= 0.3 is 0 Å². The van der Waals surface area contributed by atoms with Crippen molar-refractivity contribution >= 4 is 11.0 Å². The Kier molecular flexibility index (Phi) is 3.03. The van der Waals surface area contributed by atoms with Crippen molar-refractivity contribution in [1.29, 1.82) is 0 Å². The van der Waals surface area contributed by atoms with E-state index in [-0.39, 0.29) is 5.56 Å². The smallest absolute Gasteiger partial charge is 0.134 e. The Labute approximate surface area is 114 Å². The molecule has 0 saturated carbocycles. The van der Waals surface area contributed by atoms with E-state index in [1.807, 2.05) is 31.2 Å². The van der Waals surface area contributed by atoms with Crippen LogP contribution in [0.15, 0.2) is 46.9 Å². The van der Waals surface area contributed by atoms with Gasteiger partial charge in [0.05, 0.1) is 6.04 Å². The van der Waals surface area contributed by atoms with Crippen LogP contribution in [0.25, 0.3) is 11.0 Å². The molecule has 0 fully saturated rings. The Morgan fingerprint density at radius 1 is 1.10 bits per heavy atom. The topological polar surface area (TPSA) is 39.2 Å². The largest absolute Gasteiger partial charge is 0.459 e. The molecule has 2 N–H and O–H groups in total. The summed E-state index contributed by atoms with van der Waals surface area (Å²) >= 11 is 0. The summed E-state index contributed by atoms with van der Waals surface area (Å²) in [5.41, 5.74) is 7.87. The van der Waals surface area contributed by atoms with Crippen LogP contribution < -0.4 is 5.73 Å². The van der Waals surface area contributed by atoms with Crippen molar-refractivity contribution in [3.8, 4) is 0 Å². The minimum absolute atomic E-state index is 0.216. The van der Waals surface area contributed by atoms with E-state index in [2.05, 4.69) is 0 Å². The molecule has 1 atom stereocenters. The van der Waals surface area contributed by atoms with E-state index in [0.717, 1.165) is 17.0 Å². The first-order chi connectivity index (χ1) is 9.58. The normalized spacial score (nSPS) is 12.8. The zero-order valence-corrected chi connectivity index (χ0v) is 10.9. The van der Waals surface area contributed by atoms with Gasteiger partial charge in [0.1, 0.15) is 23.0 Å². The Hall–Kier alpha value is -2.20. The molecule has 0 saturated heterocycles.